The van der Waals surface area contributed by atoms with Crippen molar-refractivity contribution in [1.29, 1.82) is 0 Å². The molecule has 146 valence electrons. The second kappa shape index (κ2) is 8.13. The summed E-state index contributed by atoms with van der Waals surface area (Å²) >= 11 is 2.97. The molecule has 0 bridgehead atoms. The average molecular weight is 420 g/mol. The number of aromatic nitrogens is 1. The van der Waals surface area contributed by atoms with Gasteiger partial charge < -0.3 is 0 Å². The van der Waals surface area contributed by atoms with Gasteiger partial charge in [-0.15, -0.1) is 11.3 Å². The molecular weight excluding hydrogens is 398 g/mol. The third-order valence-corrected chi connectivity index (χ3v) is 7.15. The Hall–Kier alpha value is -2.44. The van der Waals surface area contributed by atoms with E-state index in [2.05, 4.69) is 29.2 Å². The molecule has 5 rings (SSSR count). The third-order valence-electron chi connectivity index (χ3n) is 5.50. The number of amides is 1. The van der Waals surface area contributed by atoms with Crippen molar-refractivity contribution in [3.05, 3.63) is 64.5 Å². The van der Waals surface area contributed by atoms with Gasteiger partial charge in [0, 0.05) is 17.6 Å². The Morgan fingerprint density at radius 3 is 2.72 bits per heavy atom. The van der Waals surface area contributed by atoms with Crippen LogP contribution in [0.5, 0.6) is 0 Å². The molecule has 1 aliphatic heterocycles. The van der Waals surface area contributed by atoms with Crippen molar-refractivity contribution < 1.29 is 4.79 Å². The molecule has 2 fully saturated rings. The van der Waals surface area contributed by atoms with Crippen molar-refractivity contribution in [2.45, 2.75) is 38.1 Å². The van der Waals surface area contributed by atoms with E-state index in [0.29, 0.717) is 5.13 Å². The molecule has 0 unspecified atom stereocenters. The smallest absolute Gasteiger partial charge is 0.267 e. The van der Waals surface area contributed by atoms with E-state index in [-0.39, 0.29) is 11.9 Å². The highest BCUT2D eigenvalue weighted by Gasteiger charge is 2.38. The molecule has 1 amide bonds. The summed E-state index contributed by atoms with van der Waals surface area (Å²) in [5.41, 5.74) is 1.07. The Morgan fingerprint density at radius 2 is 1.90 bits per heavy atom. The number of hydrogen-bond acceptors (Lipinski definition) is 5. The maximum atomic E-state index is 13.4. The van der Waals surface area contributed by atoms with E-state index in [0.717, 1.165) is 33.9 Å². The zero-order valence-corrected chi connectivity index (χ0v) is 17.6. The fourth-order valence-corrected chi connectivity index (χ4v) is 5.69. The average Bonchev–Trinajstić information content (AvgIpc) is 3.37. The molecule has 4 nitrogen and oxygen atoms in total. The van der Waals surface area contributed by atoms with E-state index in [1.807, 2.05) is 34.6 Å². The van der Waals surface area contributed by atoms with Crippen LogP contribution in [0.3, 0.4) is 0 Å². The maximum absolute atomic E-state index is 13.4. The van der Waals surface area contributed by atoms with Gasteiger partial charge in [-0.3, -0.25) is 9.69 Å². The number of thiazole rings is 1. The number of amidine groups is 1. The first-order chi connectivity index (χ1) is 14.3. The summed E-state index contributed by atoms with van der Waals surface area (Å²) < 4.78 is 0. The van der Waals surface area contributed by atoms with E-state index >= 15 is 0 Å². The van der Waals surface area contributed by atoms with E-state index in [4.69, 9.17) is 4.99 Å². The largest absolute Gasteiger partial charge is 0.283 e. The number of rotatable bonds is 3. The molecule has 2 heterocycles. The monoisotopic (exact) mass is 419 g/mol. The van der Waals surface area contributed by atoms with Gasteiger partial charge in [-0.25, -0.2) is 4.98 Å². The van der Waals surface area contributed by atoms with Gasteiger partial charge in [0.05, 0.1) is 4.91 Å². The second-order valence-corrected chi connectivity index (χ2v) is 9.24. The Labute approximate surface area is 178 Å². The van der Waals surface area contributed by atoms with Gasteiger partial charge in [0.15, 0.2) is 5.17 Å². The standard InChI is InChI=1S/C23H21N3OS2/c27-21-20(15-17-9-6-8-16-7-4-5-12-19(16)17)29-23(25-22-24-13-14-28-22)26(21)18-10-2-1-3-11-18/h4-9,12-15,18H,1-3,10-11H2/b20-15-,25-23+. The molecule has 2 aromatic carbocycles. The highest BCUT2D eigenvalue weighted by atomic mass is 32.2. The van der Waals surface area contributed by atoms with E-state index in [9.17, 15) is 4.79 Å². The lowest BCUT2D eigenvalue weighted by atomic mass is 9.94. The number of hydrogen-bond donors (Lipinski definition) is 0. The molecule has 1 saturated carbocycles. The quantitative estimate of drug-likeness (QED) is 0.473. The van der Waals surface area contributed by atoms with Gasteiger partial charge >= 0.3 is 0 Å². The van der Waals surface area contributed by atoms with Crippen molar-refractivity contribution in [3.63, 3.8) is 0 Å². The lowest BCUT2D eigenvalue weighted by Crippen LogP contribution is -2.40. The molecule has 3 aromatic rings. The number of carbonyl (C=O) groups is 1. The topological polar surface area (TPSA) is 45.6 Å². The first kappa shape index (κ1) is 18.6. The van der Waals surface area contributed by atoms with Crippen LogP contribution in [0, 0.1) is 0 Å². The van der Waals surface area contributed by atoms with Crippen molar-refractivity contribution in [2.24, 2.45) is 4.99 Å². The van der Waals surface area contributed by atoms with Crippen LogP contribution in [0.15, 0.2) is 63.9 Å². The number of aliphatic imine (C=N–C) groups is 1. The van der Waals surface area contributed by atoms with Crippen LogP contribution in [0.2, 0.25) is 0 Å². The summed E-state index contributed by atoms with van der Waals surface area (Å²) in [7, 11) is 0. The molecule has 0 spiro atoms. The van der Waals surface area contributed by atoms with Gasteiger partial charge in [-0.2, -0.15) is 4.99 Å². The van der Waals surface area contributed by atoms with Gasteiger partial charge in [0.25, 0.3) is 5.91 Å². The van der Waals surface area contributed by atoms with Crippen LogP contribution in [0.4, 0.5) is 5.13 Å². The molecule has 29 heavy (non-hydrogen) atoms. The van der Waals surface area contributed by atoms with E-state index < -0.39 is 0 Å². The Balaban J connectivity index is 1.55. The normalized spacial score (nSPS) is 21.0. The van der Waals surface area contributed by atoms with Crippen molar-refractivity contribution >= 4 is 56.2 Å². The van der Waals surface area contributed by atoms with Crippen LogP contribution in [-0.2, 0) is 4.79 Å². The molecule has 6 heteroatoms. The fraction of sp³-hybridized carbons (Fsp3) is 0.261. The zero-order chi connectivity index (χ0) is 19.6. The van der Waals surface area contributed by atoms with Crippen LogP contribution >= 0.6 is 23.1 Å². The Bertz CT molecular complexity index is 1090. The van der Waals surface area contributed by atoms with Crippen molar-refractivity contribution in [2.75, 3.05) is 0 Å². The first-order valence-corrected chi connectivity index (χ1v) is 11.7. The van der Waals surface area contributed by atoms with Crippen molar-refractivity contribution in [1.82, 2.24) is 9.88 Å². The van der Waals surface area contributed by atoms with Gasteiger partial charge in [-0.05, 0) is 47.0 Å². The highest BCUT2D eigenvalue weighted by molar-refractivity contribution is 8.18. The van der Waals surface area contributed by atoms with Gasteiger partial charge in [0.1, 0.15) is 0 Å². The molecule has 1 aromatic heterocycles. The predicted molar refractivity (Wildman–Crippen MR) is 122 cm³/mol. The Kier molecular flexibility index (Phi) is 5.21. The van der Waals surface area contributed by atoms with E-state index in [1.165, 1.54) is 47.7 Å². The summed E-state index contributed by atoms with van der Waals surface area (Å²) in [6, 6.07) is 14.7. The Morgan fingerprint density at radius 1 is 1.07 bits per heavy atom. The first-order valence-electron chi connectivity index (χ1n) is 9.99. The summed E-state index contributed by atoms with van der Waals surface area (Å²) in [5, 5.41) is 5.72. The molecule has 1 saturated heterocycles. The predicted octanol–water partition coefficient (Wildman–Crippen LogP) is 6.23. The van der Waals surface area contributed by atoms with Crippen LogP contribution < -0.4 is 0 Å². The third kappa shape index (κ3) is 3.74. The lowest BCUT2D eigenvalue weighted by molar-refractivity contribution is -0.124. The summed E-state index contributed by atoms with van der Waals surface area (Å²) in [6.07, 6.45) is 9.47. The molecule has 0 N–H and O–H groups in total. The minimum Gasteiger partial charge on any atom is -0.283 e. The second-order valence-electron chi connectivity index (χ2n) is 7.36. The van der Waals surface area contributed by atoms with Gasteiger partial charge in [-0.1, -0.05) is 61.7 Å². The molecule has 0 atom stereocenters. The number of thioether (sulfide) groups is 1. The number of fused-ring (bicyclic) bond motifs is 1. The maximum Gasteiger partial charge on any atom is 0.267 e. The minimum absolute atomic E-state index is 0.0742. The summed E-state index contributed by atoms with van der Waals surface area (Å²) in [6.45, 7) is 0. The minimum atomic E-state index is 0.0742. The summed E-state index contributed by atoms with van der Waals surface area (Å²) in [5.74, 6) is 0.0742. The summed E-state index contributed by atoms with van der Waals surface area (Å²) in [4.78, 5) is 25.1. The lowest BCUT2D eigenvalue weighted by Gasteiger charge is -2.30. The molecular formula is C23H21N3OS2. The fourth-order valence-electron chi connectivity index (χ4n) is 4.10. The van der Waals surface area contributed by atoms with Crippen LogP contribution in [0.1, 0.15) is 37.7 Å². The van der Waals surface area contributed by atoms with Gasteiger partial charge in [0.2, 0.25) is 5.13 Å². The van der Waals surface area contributed by atoms with Crippen LogP contribution in [0.25, 0.3) is 16.8 Å². The van der Waals surface area contributed by atoms with Crippen molar-refractivity contribution in [3.8, 4) is 0 Å². The zero-order valence-electron chi connectivity index (χ0n) is 16.0. The number of benzene rings is 2. The van der Waals surface area contributed by atoms with Crippen LogP contribution in [-0.4, -0.2) is 27.0 Å². The highest BCUT2D eigenvalue weighted by Crippen LogP contribution is 2.39. The SMILES string of the molecule is O=C1/C(=C/c2cccc3ccccc23)S/C(=N/c2nccs2)N1C1CCCCC1. The molecule has 1 aliphatic carbocycles. The van der Waals surface area contributed by atoms with E-state index in [1.54, 1.807) is 6.20 Å². The number of nitrogens with zero attached hydrogens (tertiary/aromatic N) is 3. The molecule has 0 radical (unpaired) electrons. The molecule has 2 aliphatic rings. The number of carbonyl (C=O) groups excluding carboxylic acids is 1.